The third kappa shape index (κ3) is 4.13. The molecule has 1 unspecified atom stereocenters. The zero-order chi connectivity index (χ0) is 12.5. The van der Waals surface area contributed by atoms with Gasteiger partial charge < -0.3 is 10.1 Å². The number of para-hydroxylation sites is 1. The molecule has 0 radical (unpaired) electrons. The summed E-state index contributed by atoms with van der Waals surface area (Å²) in [5.41, 5.74) is 1.19. The third-order valence-electron chi connectivity index (χ3n) is 2.64. The predicted octanol–water partition coefficient (Wildman–Crippen LogP) is 3.15. The lowest BCUT2D eigenvalue weighted by Crippen LogP contribution is -2.22. The molecule has 0 aliphatic heterocycles. The fourth-order valence-corrected chi connectivity index (χ4v) is 1.77. The molecule has 0 aromatic heterocycles. The molecule has 1 rings (SSSR count). The lowest BCUT2D eigenvalue weighted by molar-refractivity contribution is 0.399. The zero-order valence-corrected chi connectivity index (χ0v) is 10.9. The van der Waals surface area contributed by atoms with Crippen molar-refractivity contribution in [2.24, 2.45) is 0 Å². The maximum Gasteiger partial charge on any atom is 0.123 e. The quantitative estimate of drug-likeness (QED) is 0.759. The van der Waals surface area contributed by atoms with Crippen molar-refractivity contribution >= 4 is 0 Å². The number of ether oxygens (including phenoxy) is 1. The standard InChI is InChI=1S/C15H21NO/c1-4-6-10-14(16-12-5-2)13-9-7-8-11-15(13)17-3/h7-9,11,14,16H,5,10,12H2,1-3H3. The molecule has 2 nitrogen and oxygen atoms in total. The minimum Gasteiger partial charge on any atom is -0.496 e. The highest BCUT2D eigenvalue weighted by atomic mass is 16.5. The minimum absolute atomic E-state index is 0.249. The van der Waals surface area contributed by atoms with Gasteiger partial charge in [0.1, 0.15) is 5.75 Å². The van der Waals surface area contributed by atoms with Crippen LogP contribution < -0.4 is 10.1 Å². The average molecular weight is 231 g/mol. The summed E-state index contributed by atoms with van der Waals surface area (Å²) in [4.78, 5) is 0. The van der Waals surface area contributed by atoms with E-state index in [2.05, 4.69) is 30.1 Å². The molecule has 0 saturated carbocycles. The van der Waals surface area contributed by atoms with Crippen molar-refractivity contribution in [2.45, 2.75) is 32.7 Å². The van der Waals surface area contributed by atoms with Gasteiger partial charge in [0.25, 0.3) is 0 Å². The Morgan fingerprint density at radius 2 is 2.12 bits per heavy atom. The van der Waals surface area contributed by atoms with Gasteiger partial charge in [-0.1, -0.05) is 25.1 Å². The molecule has 92 valence electrons. The van der Waals surface area contributed by atoms with E-state index < -0.39 is 0 Å². The Morgan fingerprint density at radius 1 is 1.35 bits per heavy atom. The van der Waals surface area contributed by atoms with Crippen molar-refractivity contribution in [3.8, 4) is 17.6 Å². The first-order valence-corrected chi connectivity index (χ1v) is 6.09. The van der Waals surface area contributed by atoms with E-state index >= 15 is 0 Å². The molecule has 0 spiro atoms. The highest BCUT2D eigenvalue weighted by molar-refractivity contribution is 5.36. The lowest BCUT2D eigenvalue weighted by atomic mass is 10.0. The van der Waals surface area contributed by atoms with Crippen molar-refractivity contribution in [1.82, 2.24) is 5.32 Å². The van der Waals surface area contributed by atoms with Gasteiger partial charge in [-0.05, 0) is 26.0 Å². The Labute approximate surface area is 104 Å². The van der Waals surface area contributed by atoms with Gasteiger partial charge in [0.05, 0.1) is 7.11 Å². The number of rotatable bonds is 6. The highest BCUT2D eigenvalue weighted by Gasteiger charge is 2.13. The van der Waals surface area contributed by atoms with Crippen molar-refractivity contribution in [1.29, 1.82) is 0 Å². The summed E-state index contributed by atoms with van der Waals surface area (Å²) in [5, 5.41) is 3.51. The predicted molar refractivity (Wildman–Crippen MR) is 72.1 cm³/mol. The second-order valence-electron chi connectivity index (χ2n) is 3.88. The van der Waals surface area contributed by atoms with Crippen molar-refractivity contribution < 1.29 is 4.74 Å². The van der Waals surface area contributed by atoms with Gasteiger partial charge >= 0.3 is 0 Å². The molecule has 2 heteroatoms. The van der Waals surface area contributed by atoms with E-state index in [0.29, 0.717) is 0 Å². The second-order valence-corrected chi connectivity index (χ2v) is 3.88. The van der Waals surface area contributed by atoms with Crippen LogP contribution in [0, 0.1) is 11.8 Å². The van der Waals surface area contributed by atoms with Crippen molar-refractivity contribution in [2.75, 3.05) is 13.7 Å². The van der Waals surface area contributed by atoms with Crippen LogP contribution in [0.5, 0.6) is 5.75 Å². The minimum atomic E-state index is 0.249. The Bertz CT molecular complexity index is 389. The molecule has 0 saturated heterocycles. The van der Waals surface area contributed by atoms with Gasteiger partial charge in [-0.25, -0.2) is 0 Å². The van der Waals surface area contributed by atoms with Crippen molar-refractivity contribution in [3.05, 3.63) is 29.8 Å². The normalized spacial score (nSPS) is 11.5. The number of hydrogen-bond donors (Lipinski definition) is 1. The van der Waals surface area contributed by atoms with Crippen LogP contribution in [-0.2, 0) is 0 Å². The summed E-state index contributed by atoms with van der Waals surface area (Å²) in [6, 6.07) is 8.38. The molecule has 0 fully saturated rings. The van der Waals surface area contributed by atoms with Crippen LogP contribution in [0.2, 0.25) is 0 Å². The first kappa shape index (κ1) is 13.6. The van der Waals surface area contributed by atoms with Gasteiger partial charge in [0.15, 0.2) is 0 Å². The molecule has 1 N–H and O–H groups in total. The fourth-order valence-electron chi connectivity index (χ4n) is 1.77. The molecule has 1 aromatic rings. The third-order valence-corrected chi connectivity index (χ3v) is 2.64. The van der Waals surface area contributed by atoms with E-state index in [0.717, 1.165) is 25.1 Å². The van der Waals surface area contributed by atoms with Crippen LogP contribution in [0.1, 0.15) is 38.3 Å². The molecule has 1 atom stereocenters. The lowest BCUT2D eigenvalue weighted by Gasteiger charge is -2.19. The van der Waals surface area contributed by atoms with Gasteiger partial charge in [-0.2, -0.15) is 0 Å². The number of benzene rings is 1. The number of hydrogen-bond acceptors (Lipinski definition) is 2. The molecule has 0 amide bonds. The summed E-state index contributed by atoms with van der Waals surface area (Å²) >= 11 is 0. The first-order chi connectivity index (χ1) is 8.33. The Balaban J connectivity index is 2.88. The molecule has 0 aliphatic rings. The van der Waals surface area contributed by atoms with Gasteiger partial charge in [0.2, 0.25) is 0 Å². The van der Waals surface area contributed by atoms with Gasteiger partial charge in [0, 0.05) is 18.0 Å². The number of nitrogens with one attached hydrogen (secondary N) is 1. The summed E-state index contributed by atoms with van der Waals surface area (Å²) in [7, 11) is 1.71. The van der Waals surface area contributed by atoms with E-state index in [1.807, 2.05) is 25.1 Å². The maximum atomic E-state index is 5.40. The zero-order valence-electron chi connectivity index (χ0n) is 10.9. The molecule has 17 heavy (non-hydrogen) atoms. The van der Waals surface area contributed by atoms with E-state index in [1.54, 1.807) is 7.11 Å². The summed E-state index contributed by atoms with van der Waals surface area (Å²) in [5.74, 6) is 7.02. The topological polar surface area (TPSA) is 21.3 Å². The molecular weight excluding hydrogens is 210 g/mol. The van der Waals surface area contributed by atoms with Gasteiger partial charge in [-0.15, -0.1) is 11.8 Å². The summed E-state index contributed by atoms with van der Waals surface area (Å²) in [6.45, 7) is 5.03. The van der Waals surface area contributed by atoms with Crippen LogP contribution in [0.3, 0.4) is 0 Å². The summed E-state index contributed by atoms with van der Waals surface area (Å²) < 4.78 is 5.40. The summed E-state index contributed by atoms with van der Waals surface area (Å²) in [6.07, 6.45) is 1.93. The van der Waals surface area contributed by atoms with Crippen molar-refractivity contribution in [3.63, 3.8) is 0 Å². The monoisotopic (exact) mass is 231 g/mol. The van der Waals surface area contributed by atoms with E-state index in [1.165, 1.54) is 5.56 Å². The second kappa shape index (κ2) is 7.76. The molecule has 0 bridgehead atoms. The number of methoxy groups -OCH3 is 1. The van der Waals surface area contributed by atoms with Crippen LogP contribution in [0.25, 0.3) is 0 Å². The van der Waals surface area contributed by atoms with Crippen LogP contribution in [0.4, 0.5) is 0 Å². The SMILES string of the molecule is CC#CCC(NCCC)c1ccccc1OC. The van der Waals surface area contributed by atoms with Crippen LogP contribution in [0.15, 0.2) is 24.3 Å². The first-order valence-electron chi connectivity index (χ1n) is 6.09. The van der Waals surface area contributed by atoms with E-state index in [4.69, 9.17) is 4.74 Å². The Morgan fingerprint density at radius 3 is 2.76 bits per heavy atom. The largest absolute Gasteiger partial charge is 0.496 e. The maximum absolute atomic E-state index is 5.40. The highest BCUT2D eigenvalue weighted by Crippen LogP contribution is 2.26. The smallest absolute Gasteiger partial charge is 0.123 e. The average Bonchev–Trinajstić information content (AvgIpc) is 2.39. The Kier molecular flexibility index (Phi) is 6.21. The van der Waals surface area contributed by atoms with Crippen LogP contribution in [-0.4, -0.2) is 13.7 Å². The molecule has 0 aliphatic carbocycles. The van der Waals surface area contributed by atoms with E-state index in [-0.39, 0.29) is 6.04 Å². The molecule has 1 aromatic carbocycles. The Hall–Kier alpha value is -1.46. The molecular formula is C15H21NO. The van der Waals surface area contributed by atoms with Crippen LogP contribution >= 0.6 is 0 Å². The molecule has 0 heterocycles. The fraction of sp³-hybridized carbons (Fsp3) is 0.467. The van der Waals surface area contributed by atoms with E-state index in [9.17, 15) is 0 Å². The van der Waals surface area contributed by atoms with Gasteiger partial charge in [-0.3, -0.25) is 0 Å².